The van der Waals surface area contributed by atoms with Crippen molar-refractivity contribution in [2.45, 2.75) is 44.1 Å². The van der Waals surface area contributed by atoms with Crippen molar-refractivity contribution in [2.75, 3.05) is 13.7 Å². The van der Waals surface area contributed by atoms with Gasteiger partial charge in [-0.25, -0.2) is 0 Å². The van der Waals surface area contributed by atoms with E-state index >= 15 is 0 Å². The van der Waals surface area contributed by atoms with Crippen LogP contribution in [0, 0.1) is 0 Å². The van der Waals surface area contributed by atoms with E-state index in [1.807, 2.05) is 48.5 Å². The van der Waals surface area contributed by atoms with Crippen LogP contribution in [0.3, 0.4) is 0 Å². The molecule has 1 aliphatic heterocycles. The van der Waals surface area contributed by atoms with Gasteiger partial charge in [0, 0.05) is 23.1 Å². The smallest absolute Gasteiger partial charge is 0.247 e. The first kappa shape index (κ1) is 24.3. The summed E-state index contributed by atoms with van der Waals surface area (Å²) in [6, 6.07) is 21.1. The van der Waals surface area contributed by atoms with E-state index in [1.54, 1.807) is 19.2 Å². The van der Waals surface area contributed by atoms with Gasteiger partial charge in [-0.05, 0) is 97.8 Å². The van der Waals surface area contributed by atoms with Gasteiger partial charge in [-0.1, -0.05) is 29.8 Å². The molecule has 0 spiro atoms. The molecule has 3 aromatic rings. The molecule has 0 bridgehead atoms. The molecule has 1 heterocycles. The maximum atomic E-state index is 12.7. The highest BCUT2D eigenvalue weighted by atomic mass is 35.5. The fourth-order valence-electron chi connectivity index (χ4n) is 4.85. The second kappa shape index (κ2) is 11.1. The van der Waals surface area contributed by atoms with Gasteiger partial charge in [0.2, 0.25) is 5.91 Å². The Labute approximate surface area is 217 Å². The Morgan fingerprint density at radius 2 is 1.75 bits per heavy atom. The lowest BCUT2D eigenvalue weighted by Crippen LogP contribution is -2.35. The van der Waals surface area contributed by atoms with Crippen molar-refractivity contribution in [3.05, 3.63) is 88.5 Å². The quantitative estimate of drug-likeness (QED) is 0.348. The van der Waals surface area contributed by atoms with Crippen LogP contribution in [-0.4, -0.2) is 25.7 Å². The van der Waals surface area contributed by atoms with Crippen molar-refractivity contribution < 1.29 is 19.0 Å². The fraction of sp³-hybridized carbons (Fsp3) is 0.300. The highest BCUT2D eigenvalue weighted by molar-refractivity contribution is 6.30. The van der Waals surface area contributed by atoms with E-state index in [-0.39, 0.29) is 17.9 Å². The summed E-state index contributed by atoms with van der Waals surface area (Å²) < 4.78 is 17.8. The van der Waals surface area contributed by atoms with Crippen molar-refractivity contribution in [1.29, 1.82) is 0 Å². The molecule has 186 valence electrons. The molecule has 36 heavy (non-hydrogen) atoms. The number of rotatable bonds is 7. The maximum Gasteiger partial charge on any atom is 0.247 e. The highest BCUT2D eigenvalue weighted by Gasteiger charge is 2.26. The number of carbonyl (C=O) groups is 1. The molecule has 1 atom stereocenters. The van der Waals surface area contributed by atoms with Crippen LogP contribution in [0.25, 0.3) is 6.08 Å². The van der Waals surface area contributed by atoms with Crippen molar-refractivity contribution in [3.63, 3.8) is 0 Å². The van der Waals surface area contributed by atoms with Crippen LogP contribution >= 0.6 is 11.6 Å². The van der Waals surface area contributed by atoms with Gasteiger partial charge in [0.1, 0.15) is 11.5 Å². The van der Waals surface area contributed by atoms with Crippen LogP contribution in [0.1, 0.15) is 49.1 Å². The zero-order chi connectivity index (χ0) is 24.9. The number of methoxy groups -OCH3 is 1. The molecule has 0 radical (unpaired) electrons. The summed E-state index contributed by atoms with van der Waals surface area (Å²) in [5, 5.41) is 3.72. The van der Waals surface area contributed by atoms with E-state index in [4.69, 9.17) is 25.8 Å². The molecule has 1 aliphatic carbocycles. The highest BCUT2D eigenvalue weighted by Crippen LogP contribution is 2.37. The van der Waals surface area contributed by atoms with Crippen LogP contribution in [-0.2, 0) is 4.79 Å². The van der Waals surface area contributed by atoms with Crippen LogP contribution in [0.15, 0.2) is 72.3 Å². The molecule has 5 nitrogen and oxygen atoms in total. The molecular weight excluding hydrogens is 474 g/mol. The van der Waals surface area contributed by atoms with Gasteiger partial charge in [0.05, 0.1) is 13.2 Å². The second-order valence-corrected chi connectivity index (χ2v) is 9.78. The summed E-state index contributed by atoms with van der Waals surface area (Å²) in [5.41, 5.74) is 2.78. The van der Waals surface area contributed by atoms with E-state index < -0.39 is 0 Å². The van der Waals surface area contributed by atoms with Crippen LogP contribution < -0.4 is 19.5 Å². The predicted octanol–water partition coefficient (Wildman–Crippen LogP) is 7.15. The van der Waals surface area contributed by atoms with E-state index in [0.29, 0.717) is 29.5 Å². The SMILES string of the molecule is COc1ccc(C2CNC(=O)C(=Cc3cccc(Oc4ccc(Cl)cc4)c3)C2)cc1OC1CCCC1. The molecule has 1 saturated carbocycles. The number of benzene rings is 3. The normalized spacial score (nSPS) is 19.2. The number of hydrogen-bond acceptors (Lipinski definition) is 4. The lowest BCUT2D eigenvalue weighted by atomic mass is 9.87. The van der Waals surface area contributed by atoms with E-state index in [9.17, 15) is 4.79 Å². The predicted molar refractivity (Wildman–Crippen MR) is 142 cm³/mol. The Bertz CT molecular complexity index is 1250. The van der Waals surface area contributed by atoms with Crippen molar-refractivity contribution in [2.24, 2.45) is 0 Å². The monoisotopic (exact) mass is 503 g/mol. The van der Waals surface area contributed by atoms with Gasteiger partial charge in [-0.15, -0.1) is 0 Å². The summed E-state index contributed by atoms with van der Waals surface area (Å²) in [7, 11) is 1.67. The van der Waals surface area contributed by atoms with Crippen molar-refractivity contribution >= 4 is 23.6 Å². The molecule has 1 N–H and O–H groups in total. The topological polar surface area (TPSA) is 56.8 Å². The number of carbonyl (C=O) groups excluding carboxylic acids is 1. The number of nitrogens with one attached hydrogen (secondary N) is 1. The molecule has 0 aromatic heterocycles. The van der Waals surface area contributed by atoms with Crippen molar-refractivity contribution in [3.8, 4) is 23.0 Å². The lowest BCUT2D eigenvalue weighted by Gasteiger charge is -2.26. The minimum Gasteiger partial charge on any atom is -0.493 e. The first-order valence-electron chi connectivity index (χ1n) is 12.4. The second-order valence-electron chi connectivity index (χ2n) is 9.34. The van der Waals surface area contributed by atoms with E-state index in [1.165, 1.54) is 12.8 Å². The Balaban J connectivity index is 1.33. The van der Waals surface area contributed by atoms with Crippen LogP contribution in [0.5, 0.6) is 23.0 Å². The van der Waals surface area contributed by atoms with Gasteiger partial charge >= 0.3 is 0 Å². The summed E-state index contributed by atoms with van der Waals surface area (Å²) in [5.74, 6) is 3.05. The zero-order valence-electron chi connectivity index (χ0n) is 20.3. The third kappa shape index (κ3) is 5.85. The third-order valence-electron chi connectivity index (χ3n) is 6.77. The number of ether oxygens (including phenoxy) is 3. The third-order valence-corrected chi connectivity index (χ3v) is 7.02. The molecular formula is C30H30ClNO4. The van der Waals surface area contributed by atoms with Gasteiger partial charge in [-0.2, -0.15) is 0 Å². The summed E-state index contributed by atoms with van der Waals surface area (Å²) >= 11 is 5.97. The zero-order valence-corrected chi connectivity index (χ0v) is 21.1. The fourth-order valence-corrected chi connectivity index (χ4v) is 4.98. The molecule has 5 rings (SSSR count). The molecule has 6 heteroatoms. The summed E-state index contributed by atoms with van der Waals surface area (Å²) in [4.78, 5) is 12.7. The van der Waals surface area contributed by atoms with Gasteiger partial charge in [-0.3, -0.25) is 4.79 Å². The van der Waals surface area contributed by atoms with Crippen LogP contribution in [0.2, 0.25) is 5.02 Å². The largest absolute Gasteiger partial charge is 0.493 e. The Hall–Kier alpha value is -3.44. The average molecular weight is 504 g/mol. The Kier molecular flexibility index (Phi) is 7.47. The van der Waals surface area contributed by atoms with Gasteiger partial charge in [0.25, 0.3) is 0 Å². The molecule has 3 aromatic carbocycles. The average Bonchev–Trinajstić information content (AvgIpc) is 3.40. The number of halogens is 1. The minimum absolute atomic E-state index is 0.0359. The van der Waals surface area contributed by atoms with Gasteiger partial charge in [0.15, 0.2) is 11.5 Å². The number of amides is 1. The maximum absolute atomic E-state index is 12.7. The van der Waals surface area contributed by atoms with Gasteiger partial charge < -0.3 is 19.5 Å². The first-order valence-corrected chi connectivity index (χ1v) is 12.8. The molecule has 1 saturated heterocycles. The molecule has 2 aliphatic rings. The Morgan fingerprint density at radius 1 is 0.944 bits per heavy atom. The first-order chi connectivity index (χ1) is 17.6. The summed E-state index contributed by atoms with van der Waals surface area (Å²) in [6.45, 7) is 0.588. The van der Waals surface area contributed by atoms with Crippen molar-refractivity contribution in [1.82, 2.24) is 5.32 Å². The van der Waals surface area contributed by atoms with E-state index in [2.05, 4.69) is 17.4 Å². The summed E-state index contributed by atoms with van der Waals surface area (Å²) in [6.07, 6.45) is 7.42. The number of hydrogen-bond donors (Lipinski definition) is 1. The minimum atomic E-state index is -0.0359. The molecule has 1 amide bonds. The molecule has 1 unspecified atom stereocenters. The number of piperidine rings is 1. The standard InChI is InChI=1S/C30H30ClNO4/c1-34-28-14-9-21(18-29(28)36-25-6-2-3-7-25)23-17-22(30(33)32-19-23)15-20-5-4-8-27(16-20)35-26-12-10-24(31)11-13-26/h4-5,8-16,18,23,25H,2-3,6-7,17,19H2,1H3,(H,32,33). The lowest BCUT2D eigenvalue weighted by molar-refractivity contribution is -0.118. The Morgan fingerprint density at radius 3 is 2.53 bits per heavy atom. The van der Waals surface area contributed by atoms with E-state index in [0.717, 1.165) is 41.0 Å². The van der Waals surface area contributed by atoms with Crippen LogP contribution in [0.4, 0.5) is 0 Å². The molecule has 2 fully saturated rings.